The average molecular weight is 630 g/mol. The first-order chi connectivity index (χ1) is 20.6. The highest BCUT2D eigenvalue weighted by Gasteiger charge is 2.70. The van der Waals surface area contributed by atoms with E-state index in [1.54, 1.807) is 27.7 Å². The Morgan fingerprint density at radius 1 is 0.800 bits per heavy atom. The van der Waals surface area contributed by atoms with Crippen LogP contribution < -0.4 is 5.32 Å². The minimum absolute atomic E-state index is 0.0945. The Balaban J connectivity index is 1.34. The third-order valence-electron chi connectivity index (χ3n) is 15.2. The molecule has 45 heavy (non-hydrogen) atoms. The molecule has 0 saturated heterocycles. The normalized spacial score (nSPS) is 42.4. The first-order valence-corrected chi connectivity index (χ1v) is 18.0. The van der Waals surface area contributed by atoms with E-state index >= 15 is 0 Å². The average Bonchev–Trinajstić information content (AvgIpc) is 3.32. The number of aliphatic carboxylic acids is 1. The molecule has 7 heteroatoms. The minimum atomic E-state index is -1.14. The summed E-state index contributed by atoms with van der Waals surface area (Å²) in [5, 5.41) is 22.8. The number of nitrogens with one attached hydrogen (secondary N) is 1. The number of carbonyl (C=O) groups is 3. The van der Waals surface area contributed by atoms with Crippen molar-refractivity contribution in [2.24, 2.45) is 56.2 Å². The van der Waals surface area contributed by atoms with Crippen molar-refractivity contribution < 1.29 is 29.3 Å². The number of rotatable bonds is 8. The lowest BCUT2D eigenvalue weighted by molar-refractivity contribution is -0.248. The lowest BCUT2D eigenvalue weighted by Crippen LogP contribution is -2.66. The number of ether oxygens (including phenoxy) is 1. The van der Waals surface area contributed by atoms with Gasteiger partial charge in [-0.1, -0.05) is 41.0 Å². The summed E-state index contributed by atoms with van der Waals surface area (Å²) in [4.78, 5) is 37.8. The molecule has 0 aliphatic heterocycles. The van der Waals surface area contributed by atoms with Crippen LogP contribution in [0.4, 0.5) is 0 Å². The molecule has 5 aliphatic carbocycles. The van der Waals surface area contributed by atoms with Crippen molar-refractivity contribution in [2.45, 2.75) is 157 Å². The number of fused-ring (bicyclic) bond motifs is 7. The second-order valence-corrected chi connectivity index (χ2v) is 19.0. The Kier molecular flexibility index (Phi) is 8.66. The predicted molar refractivity (Wildman–Crippen MR) is 175 cm³/mol. The fourth-order valence-electron chi connectivity index (χ4n) is 12.5. The SMILES string of the molecule is CC(C)(O)CNC(=O)C[C@]12CCC[C@@H]1[C@H]1CCC3[C@@]4(C)CC[C@H](OC(=O)CC(C)(C)C(=O)O)C(C)(C)C4CC[C@@]3(C)[C@]1(C)CC2. The number of esters is 1. The molecule has 0 aromatic rings. The van der Waals surface area contributed by atoms with Gasteiger partial charge >= 0.3 is 11.9 Å². The van der Waals surface area contributed by atoms with E-state index in [1.807, 2.05) is 0 Å². The van der Waals surface area contributed by atoms with Crippen LogP contribution in [0.2, 0.25) is 0 Å². The van der Waals surface area contributed by atoms with Crippen LogP contribution in [-0.2, 0) is 19.1 Å². The molecule has 7 nitrogen and oxygen atoms in total. The summed E-state index contributed by atoms with van der Waals surface area (Å²) in [6.45, 7) is 19.3. The summed E-state index contributed by atoms with van der Waals surface area (Å²) in [7, 11) is 0. The van der Waals surface area contributed by atoms with Gasteiger partial charge in [-0.3, -0.25) is 14.4 Å². The lowest BCUT2D eigenvalue weighted by atomic mass is 9.32. The summed E-state index contributed by atoms with van der Waals surface area (Å²) in [5.41, 5.74) is -1.50. The van der Waals surface area contributed by atoms with E-state index in [-0.39, 0.29) is 45.5 Å². The molecule has 0 radical (unpaired) electrons. The molecule has 5 fully saturated rings. The minimum Gasteiger partial charge on any atom is -0.481 e. The van der Waals surface area contributed by atoms with Gasteiger partial charge in [0.25, 0.3) is 0 Å². The molecule has 9 atom stereocenters. The predicted octanol–water partition coefficient (Wildman–Crippen LogP) is 7.53. The summed E-state index contributed by atoms with van der Waals surface area (Å²) < 4.78 is 6.13. The standard InChI is InChI=1S/C38H63NO6/c1-32(2,31(42)43)22-30(41)45-28-15-17-35(7)26(34(28,5)6)14-18-37(9)27(35)13-12-24-25-11-10-16-38(25,20-19-36(24,37)8)21-29(40)39-23-33(3,4)44/h24-28,44H,10-23H2,1-9H3,(H,39,40)(H,42,43)/t24-,25-,26?,27?,28+,35+,36-,37-,38-/m1/s1. The third-order valence-corrected chi connectivity index (χ3v) is 15.2. The van der Waals surface area contributed by atoms with E-state index in [2.05, 4.69) is 39.9 Å². The van der Waals surface area contributed by atoms with E-state index < -0.39 is 23.0 Å². The number of aliphatic hydroxyl groups is 1. The highest BCUT2D eigenvalue weighted by molar-refractivity contribution is 5.81. The molecule has 0 bridgehead atoms. The largest absolute Gasteiger partial charge is 0.481 e. The van der Waals surface area contributed by atoms with Crippen LogP contribution in [0.5, 0.6) is 0 Å². The lowest BCUT2D eigenvalue weighted by Gasteiger charge is -2.72. The monoisotopic (exact) mass is 629 g/mol. The number of carboxylic acid groups (broad SMARTS) is 1. The van der Waals surface area contributed by atoms with Crippen LogP contribution in [0, 0.1) is 56.2 Å². The quantitative estimate of drug-likeness (QED) is 0.239. The highest BCUT2D eigenvalue weighted by Crippen LogP contribution is 2.77. The maximum absolute atomic E-state index is 13.2. The van der Waals surface area contributed by atoms with Crippen LogP contribution in [0.15, 0.2) is 0 Å². The molecular weight excluding hydrogens is 566 g/mol. The van der Waals surface area contributed by atoms with E-state index in [1.165, 1.54) is 38.5 Å². The first kappa shape index (κ1) is 34.7. The Morgan fingerprint density at radius 2 is 1.49 bits per heavy atom. The van der Waals surface area contributed by atoms with Gasteiger partial charge in [0, 0.05) is 18.4 Å². The van der Waals surface area contributed by atoms with Gasteiger partial charge in [0.2, 0.25) is 5.91 Å². The van der Waals surface area contributed by atoms with Crippen LogP contribution >= 0.6 is 0 Å². The van der Waals surface area contributed by atoms with Gasteiger partial charge in [-0.15, -0.1) is 0 Å². The number of hydrogen-bond acceptors (Lipinski definition) is 5. The van der Waals surface area contributed by atoms with E-state index in [9.17, 15) is 24.6 Å². The number of carboxylic acids is 1. The zero-order valence-corrected chi connectivity index (χ0v) is 29.8. The summed E-state index contributed by atoms with van der Waals surface area (Å²) >= 11 is 0. The van der Waals surface area contributed by atoms with E-state index in [0.29, 0.717) is 36.6 Å². The zero-order valence-electron chi connectivity index (χ0n) is 29.8. The van der Waals surface area contributed by atoms with Crippen LogP contribution in [0.25, 0.3) is 0 Å². The molecule has 5 aliphatic rings. The molecule has 0 heterocycles. The fraction of sp³-hybridized carbons (Fsp3) is 0.921. The van der Waals surface area contributed by atoms with Crippen LogP contribution in [0.1, 0.15) is 146 Å². The second kappa shape index (κ2) is 11.2. The van der Waals surface area contributed by atoms with Gasteiger partial charge in [0.05, 0.1) is 17.4 Å². The maximum Gasteiger partial charge on any atom is 0.309 e. The van der Waals surface area contributed by atoms with Gasteiger partial charge in [-0.25, -0.2) is 0 Å². The fourth-order valence-corrected chi connectivity index (χ4v) is 12.5. The summed E-state index contributed by atoms with van der Waals surface area (Å²) in [5.74, 6) is 1.01. The third kappa shape index (κ3) is 5.67. The van der Waals surface area contributed by atoms with Gasteiger partial charge in [-0.05, 0) is 137 Å². The van der Waals surface area contributed by atoms with Crippen LogP contribution in [-0.4, -0.2) is 46.3 Å². The maximum atomic E-state index is 13.2. The Morgan fingerprint density at radius 3 is 2.13 bits per heavy atom. The topological polar surface area (TPSA) is 113 Å². The number of amides is 1. The van der Waals surface area contributed by atoms with E-state index in [0.717, 1.165) is 32.1 Å². The molecule has 0 aromatic heterocycles. The summed E-state index contributed by atoms with van der Waals surface area (Å²) in [6, 6.07) is 0. The Labute approximate surface area is 272 Å². The molecule has 5 saturated carbocycles. The molecule has 5 rings (SSSR count). The zero-order chi connectivity index (χ0) is 33.4. The molecule has 1 amide bonds. The second-order valence-electron chi connectivity index (χ2n) is 19.0. The number of hydrogen-bond donors (Lipinski definition) is 3. The smallest absolute Gasteiger partial charge is 0.309 e. The van der Waals surface area contributed by atoms with Crippen molar-refractivity contribution in [3.63, 3.8) is 0 Å². The van der Waals surface area contributed by atoms with Crippen molar-refractivity contribution >= 4 is 17.8 Å². The van der Waals surface area contributed by atoms with E-state index in [4.69, 9.17) is 4.74 Å². The van der Waals surface area contributed by atoms with Gasteiger partial charge < -0.3 is 20.3 Å². The van der Waals surface area contributed by atoms with Gasteiger partial charge in [-0.2, -0.15) is 0 Å². The Hall–Kier alpha value is -1.63. The first-order valence-electron chi connectivity index (χ1n) is 18.0. The van der Waals surface area contributed by atoms with Crippen molar-refractivity contribution in [1.29, 1.82) is 0 Å². The van der Waals surface area contributed by atoms with Crippen molar-refractivity contribution in [3.8, 4) is 0 Å². The molecule has 0 aromatic carbocycles. The molecule has 256 valence electrons. The van der Waals surface area contributed by atoms with Crippen molar-refractivity contribution in [1.82, 2.24) is 5.32 Å². The van der Waals surface area contributed by atoms with Gasteiger partial charge in [0.1, 0.15) is 6.10 Å². The van der Waals surface area contributed by atoms with Gasteiger partial charge in [0.15, 0.2) is 0 Å². The molecule has 0 spiro atoms. The Bertz CT molecular complexity index is 1190. The highest BCUT2D eigenvalue weighted by atomic mass is 16.5. The van der Waals surface area contributed by atoms with Crippen LogP contribution in [0.3, 0.4) is 0 Å². The molecule has 3 N–H and O–H groups in total. The molecule has 2 unspecified atom stereocenters. The molecular formula is C38H63NO6. The van der Waals surface area contributed by atoms with Crippen molar-refractivity contribution in [2.75, 3.05) is 6.54 Å². The van der Waals surface area contributed by atoms with Crippen molar-refractivity contribution in [3.05, 3.63) is 0 Å². The number of carbonyl (C=O) groups excluding carboxylic acids is 2. The summed E-state index contributed by atoms with van der Waals surface area (Å²) in [6.07, 6.45) is 12.9.